The van der Waals surface area contributed by atoms with Crippen molar-refractivity contribution in [3.05, 3.63) is 61.9 Å². The van der Waals surface area contributed by atoms with Crippen LogP contribution in [-0.4, -0.2) is 4.92 Å². The van der Waals surface area contributed by atoms with Gasteiger partial charge in [0.25, 0.3) is 0 Å². The SMILES string of the molecule is O=[N+]([O-])c1cc(Cl)c(Cl)cc1Oc1ccc(F)cc1CCl. The van der Waals surface area contributed by atoms with Gasteiger partial charge < -0.3 is 4.74 Å². The second-order valence-electron chi connectivity index (χ2n) is 3.98. The fourth-order valence-electron chi connectivity index (χ4n) is 1.61. The van der Waals surface area contributed by atoms with Crippen LogP contribution in [0.3, 0.4) is 0 Å². The van der Waals surface area contributed by atoms with Crippen molar-refractivity contribution in [3.8, 4) is 11.5 Å². The first-order valence-electron chi connectivity index (χ1n) is 5.58. The van der Waals surface area contributed by atoms with E-state index in [9.17, 15) is 14.5 Å². The summed E-state index contributed by atoms with van der Waals surface area (Å²) in [6, 6.07) is 5.99. The van der Waals surface area contributed by atoms with E-state index in [4.69, 9.17) is 39.5 Å². The topological polar surface area (TPSA) is 52.4 Å². The zero-order valence-electron chi connectivity index (χ0n) is 10.3. The van der Waals surface area contributed by atoms with Crippen LogP contribution in [0, 0.1) is 15.9 Å². The molecule has 0 heterocycles. The van der Waals surface area contributed by atoms with E-state index in [0.29, 0.717) is 5.56 Å². The summed E-state index contributed by atoms with van der Waals surface area (Å²) in [5.74, 6) is -0.399. The summed E-state index contributed by atoms with van der Waals surface area (Å²) in [6.45, 7) is 0. The molecule has 0 saturated heterocycles. The molecule has 2 aromatic rings. The minimum Gasteiger partial charge on any atom is -0.450 e. The van der Waals surface area contributed by atoms with Gasteiger partial charge in [-0.05, 0) is 18.2 Å². The van der Waals surface area contributed by atoms with Gasteiger partial charge in [-0.3, -0.25) is 10.1 Å². The van der Waals surface area contributed by atoms with Gasteiger partial charge in [-0.2, -0.15) is 0 Å². The average Bonchev–Trinajstić information content (AvgIpc) is 2.44. The first-order chi connectivity index (χ1) is 9.92. The fraction of sp³-hybridized carbons (Fsp3) is 0.0769. The van der Waals surface area contributed by atoms with Crippen LogP contribution in [-0.2, 0) is 5.88 Å². The number of benzene rings is 2. The predicted molar refractivity (Wildman–Crippen MR) is 79.1 cm³/mol. The van der Waals surface area contributed by atoms with Gasteiger partial charge in [-0.25, -0.2) is 4.39 Å². The molecule has 0 aliphatic rings. The van der Waals surface area contributed by atoms with Crippen molar-refractivity contribution in [2.45, 2.75) is 5.88 Å². The summed E-state index contributed by atoms with van der Waals surface area (Å²) in [7, 11) is 0. The van der Waals surface area contributed by atoms with Gasteiger partial charge in [0.1, 0.15) is 11.6 Å². The number of nitrogens with zero attached hydrogens (tertiary/aromatic N) is 1. The van der Waals surface area contributed by atoms with Crippen LogP contribution in [0.15, 0.2) is 30.3 Å². The molecule has 4 nitrogen and oxygen atoms in total. The maximum Gasteiger partial charge on any atom is 0.313 e. The van der Waals surface area contributed by atoms with Gasteiger partial charge in [0, 0.05) is 17.7 Å². The third-order valence-electron chi connectivity index (χ3n) is 2.58. The summed E-state index contributed by atoms with van der Waals surface area (Å²) in [5.41, 5.74) is 0.00582. The van der Waals surface area contributed by atoms with E-state index in [2.05, 4.69) is 0 Å². The van der Waals surface area contributed by atoms with Crippen LogP contribution in [0.5, 0.6) is 11.5 Å². The molecule has 110 valence electrons. The molecule has 8 heteroatoms. The predicted octanol–water partition coefficient (Wildman–Crippen LogP) is 5.57. The average molecular weight is 351 g/mol. The number of halogens is 4. The number of hydrogen-bond donors (Lipinski definition) is 0. The summed E-state index contributed by atoms with van der Waals surface area (Å²) in [6.07, 6.45) is 0. The molecule has 0 spiro atoms. The molecule has 0 saturated carbocycles. The Bertz CT molecular complexity index is 709. The van der Waals surface area contributed by atoms with E-state index in [0.717, 1.165) is 12.1 Å². The van der Waals surface area contributed by atoms with Gasteiger partial charge in [-0.15, -0.1) is 11.6 Å². The van der Waals surface area contributed by atoms with Crippen molar-refractivity contribution >= 4 is 40.5 Å². The Balaban J connectivity index is 2.48. The van der Waals surface area contributed by atoms with Crippen LogP contribution >= 0.6 is 34.8 Å². The van der Waals surface area contributed by atoms with Crippen molar-refractivity contribution in [2.75, 3.05) is 0 Å². The lowest BCUT2D eigenvalue weighted by Crippen LogP contribution is -1.96. The van der Waals surface area contributed by atoms with Crippen molar-refractivity contribution < 1.29 is 14.1 Å². The van der Waals surface area contributed by atoms with Crippen LogP contribution in [0.4, 0.5) is 10.1 Å². The Morgan fingerprint density at radius 1 is 1.14 bits per heavy atom. The van der Waals surface area contributed by atoms with Gasteiger partial charge in [-0.1, -0.05) is 23.2 Å². The van der Waals surface area contributed by atoms with Crippen LogP contribution < -0.4 is 4.74 Å². The molecule has 0 aliphatic carbocycles. The maximum absolute atomic E-state index is 13.1. The smallest absolute Gasteiger partial charge is 0.313 e. The monoisotopic (exact) mass is 349 g/mol. The van der Waals surface area contributed by atoms with Gasteiger partial charge in [0.15, 0.2) is 0 Å². The molecule has 0 N–H and O–H groups in total. The normalized spacial score (nSPS) is 10.5. The van der Waals surface area contributed by atoms with E-state index in [1.54, 1.807) is 0 Å². The van der Waals surface area contributed by atoms with Crippen molar-refractivity contribution in [2.24, 2.45) is 0 Å². The van der Waals surface area contributed by atoms with E-state index in [-0.39, 0.29) is 33.1 Å². The molecule has 0 amide bonds. The highest BCUT2D eigenvalue weighted by atomic mass is 35.5. The lowest BCUT2D eigenvalue weighted by molar-refractivity contribution is -0.385. The van der Waals surface area contributed by atoms with E-state index >= 15 is 0 Å². The van der Waals surface area contributed by atoms with Crippen LogP contribution in [0.2, 0.25) is 10.0 Å². The number of nitro benzene ring substituents is 1. The lowest BCUT2D eigenvalue weighted by atomic mass is 10.2. The summed E-state index contributed by atoms with van der Waals surface area (Å²) in [5, 5.41) is 11.2. The first kappa shape index (κ1) is 15.8. The molecule has 0 radical (unpaired) electrons. The zero-order valence-corrected chi connectivity index (χ0v) is 12.5. The van der Waals surface area contributed by atoms with E-state index in [1.807, 2.05) is 0 Å². The van der Waals surface area contributed by atoms with Crippen molar-refractivity contribution in [3.63, 3.8) is 0 Å². The third kappa shape index (κ3) is 3.56. The fourth-order valence-corrected chi connectivity index (χ4v) is 2.13. The number of alkyl halides is 1. The maximum atomic E-state index is 13.1. The molecule has 2 aromatic carbocycles. The van der Waals surface area contributed by atoms with Gasteiger partial charge in [0.05, 0.1) is 20.8 Å². The second kappa shape index (κ2) is 6.47. The number of nitro groups is 1. The molecular formula is C13H7Cl3FNO3. The van der Waals surface area contributed by atoms with E-state index < -0.39 is 10.7 Å². The summed E-state index contributed by atoms with van der Waals surface area (Å²) >= 11 is 17.3. The highest BCUT2D eigenvalue weighted by Crippen LogP contribution is 2.39. The minimum absolute atomic E-state index is 0.0117. The van der Waals surface area contributed by atoms with Gasteiger partial charge >= 0.3 is 5.69 Å². The van der Waals surface area contributed by atoms with E-state index in [1.165, 1.54) is 18.2 Å². The van der Waals surface area contributed by atoms with Gasteiger partial charge in [0.2, 0.25) is 5.75 Å². The second-order valence-corrected chi connectivity index (χ2v) is 5.06. The molecule has 0 fully saturated rings. The van der Waals surface area contributed by atoms with Crippen molar-refractivity contribution in [1.29, 1.82) is 0 Å². The quantitative estimate of drug-likeness (QED) is 0.411. The third-order valence-corrected chi connectivity index (χ3v) is 3.60. The number of rotatable bonds is 4. The molecular weight excluding hydrogens is 344 g/mol. The summed E-state index contributed by atoms with van der Waals surface area (Å²) in [4.78, 5) is 10.4. The molecule has 0 unspecified atom stereocenters. The Kier molecular flexibility index (Phi) is 4.88. The molecule has 0 atom stereocenters. The highest BCUT2D eigenvalue weighted by Gasteiger charge is 2.20. The van der Waals surface area contributed by atoms with Crippen LogP contribution in [0.25, 0.3) is 0 Å². The molecule has 2 rings (SSSR count). The Labute approximate surface area is 134 Å². The lowest BCUT2D eigenvalue weighted by Gasteiger charge is -2.10. The number of ether oxygens (including phenoxy) is 1. The Morgan fingerprint density at radius 2 is 1.81 bits per heavy atom. The molecule has 0 bridgehead atoms. The first-order valence-corrected chi connectivity index (χ1v) is 6.87. The molecule has 0 aliphatic heterocycles. The largest absolute Gasteiger partial charge is 0.450 e. The standard InChI is InChI=1S/C13H7Cl3FNO3/c14-6-7-3-8(17)1-2-12(7)21-13-5-10(16)9(15)4-11(13)18(19)20/h1-5H,6H2. The highest BCUT2D eigenvalue weighted by molar-refractivity contribution is 6.42. The Hall–Kier alpha value is -1.56. The Morgan fingerprint density at radius 3 is 2.43 bits per heavy atom. The number of hydrogen-bond acceptors (Lipinski definition) is 3. The molecule has 21 heavy (non-hydrogen) atoms. The van der Waals surface area contributed by atoms with Crippen LogP contribution in [0.1, 0.15) is 5.56 Å². The van der Waals surface area contributed by atoms with Crippen molar-refractivity contribution in [1.82, 2.24) is 0 Å². The molecule has 0 aromatic heterocycles. The minimum atomic E-state index is -0.651. The summed E-state index contributed by atoms with van der Waals surface area (Å²) < 4.78 is 18.6. The zero-order chi connectivity index (χ0) is 15.6.